The maximum absolute atomic E-state index is 10.1. The maximum atomic E-state index is 10.1. The van der Waals surface area contributed by atoms with Gasteiger partial charge in [-0.2, -0.15) is 10.1 Å². The van der Waals surface area contributed by atoms with Crippen molar-refractivity contribution in [2.24, 2.45) is 0 Å². The van der Waals surface area contributed by atoms with Crippen LogP contribution in [0.2, 0.25) is 0 Å². The number of aryl methyl sites for hydroxylation is 1. The van der Waals surface area contributed by atoms with Crippen LogP contribution in [0.25, 0.3) is 0 Å². The van der Waals surface area contributed by atoms with Gasteiger partial charge in [0.2, 0.25) is 5.89 Å². The molecule has 0 unspecified atom stereocenters. The number of piperidine rings is 1. The van der Waals surface area contributed by atoms with Crippen molar-refractivity contribution in [3.63, 3.8) is 0 Å². The van der Waals surface area contributed by atoms with Crippen LogP contribution in [0.1, 0.15) is 24.6 Å². The molecule has 2 aromatic rings. The third-order valence-corrected chi connectivity index (χ3v) is 4.04. The van der Waals surface area contributed by atoms with Gasteiger partial charge in [-0.3, -0.25) is 9.58 Å². The monoisotopic (exact) mass is 320 g/mol. The average Bonchev–Trinajstić information content (AvgIpc) is 3.18. The zero-order chi connectivity index (χ0) is 16.1. The van der Waals surface area contributed by atoms with Crippen LogP contribution in [0, 0.1) is 6.92 Å². The molecule has 2 aromatic heterocycles. The molecule has 1 fully saturated rings. The van der Waals surface area contributed by atoms with E-state index in [1.165, 1.54) is 0 Å². The van der Waals surface area contributed by atoms with E-state index in [4.69, 9.17) is 4.52 Å². The highest BCUT2D eigenvalue weighted by atomic mass is 16.5. The van der Waals surface area contributed by atoms with Crippen LogP contribution in [-0.2, 0) is 13.1 Å². The quantitative estimate of drug-likeness (QED) is 0.752. The zero-order valence-corrected chi connectivity index (χ0v) is 13.4. The number of rotatable bonds is 7. The van der Waals surface area contributed by atoms with Crippen molar-refractivity contribution >= 4 is 0 Å². The summed E-state index contributed by atoms with van der Waals surface area (Å²) >= 11 is 0. The molecule has 23 heavy (non-hydrogen) atoms. The second-order valence-electron chi connectivity index (χ2n) is 6.09. The predicted molar refractivity (Wildman–Crippen MR) is 83.6 cm³/mol. The van der Waals surface area contributed by atoms with Crippen molar-refractivity contribution < 1.29 is 9.63 Å². The molecule has 1 aliphatic rings. The summed E-state index contributed by atoms with van der Waals surface area (Å²) in [5.74, 6) is 1.34. The first-order chi connectivity index (χ1) is 11.2. The van der Waals surface area contributed by atoms with Crippen LogP contribution in [0.4, 0.5) is 0 Å². The highest BCUT2D eigenvalue weighted by Crippen LogP contribution is 2.12. The normalized spacial score (nSPS) is 20.7. The number of aromatic nitrogens is 4. The first-order valence-corrected chi connectivity index (χ1v) is 8.09. The molecule has 8 heteroatoms. The highest BCUT2D eigenvalue weighted by Gasteiger charge is 2.21. The maximum Gasteiger partial charge on any atom is 0.223 e. The van der Waals surface area contributed by atoms with Gasteiger partial charge in [0.15, 0.2) is 5.82 Å². The van der Waals surface area contributed by atoms with Crippen molar-refractivity contribution in [2.45, 2.75) is 45.0 Å². The molecular weight excluding hydrogens is 296 g/mol. The van der Waals surface area contributed by atoms with Gasteiger partial charge in [-0.05, 0) is 25.5 Å². The zero-order valence-electron chi connectivity index (χ0n) is 13.4. The van der Waals surface area contributed by atoms with Crippen LogP contribution in [0.3, 0.4) is 0 Å². The number of hydrogen-bond acceptors (Lipinski definition) is 7. The van der Waals surface area contributed by atoms with Gasteiger partial charge in [0, 0.05) is 38.4 Å². The standard InChI is InChI=1S/C15H24N6O2/c1-12-18-15(19-23-12)11-20-6-2-4-13(9-20)16-8-14(22)10-21-7-3-5-17-21/h3,5,7,13-14,16,22H,2,4,6,8-11H2,1H3/t13-,14-/m1/s1. The number of nitrogens with one attached hydrogen (secondary N) is 1. The molecule has 1 aliphatic heterocycles. The van der Waals surface area contributed by atoms with E-state index in [0.717, 1.165) is 31.8 Å². The van der Waals surface area contributed by atoms with Crippen molar-refractivity contribution in [1.29, 1.82) is 0 Å². The van der Waals surface area contributed by atoms with Crippen LogP contribution in [0.15, 0.2) is 23.0 Å². The molecular formula is C15H24N6O2. The Kier molecular flexibility index (Phi) is 5.37. The van der Waals surface area contributed by atoms with Crippen LogP contribution in [-0.4, -0.2) is 61.7 Å². The fourth-order valence-corrected chi connectivity index (χ4v) is 2.96. The molecule has 8 nitrogen and oxygen atoms in total. The second-order valence-corrected chi connectivity index (χ2v) is 6.09. The van der Waals surface area contributed by atoms with E-state index in [2.05, 4.69) is 25.5 Å². The van der Waals surface area contributed by atoms with Gasteiger partial charge in [-0.1, -0.05) is 5.16 Å². The Hall–Kier alpha value is -1.77. The minimum Gasteiger partial charge on any atom is -0.390 e. The molecule has 0 saturated carbocycles. The van der Waals surface area contributed by atoms with E-state index < -0.39 is 6.10 Å². The van der Waals surface area contributed by atoms with Gasteiger partial charge in [0.25, 0.3) is 0 Å². The Labute approximate surface area is 135 Å². The fraction of sp³-hybridized carbons (Fsp3) is 0.667. The Morgan fingerprint density at radius 1 is 1.52 bits per heavy atom. The SMILES string of the molecule is Cc1nc(CN2CCC[C@@H](NC[C@@H](O)Cn3cccn3)C2)no1. The summed E-state index contributed by atoms with van der Waals surface area (Å²) in [4.78, 5) is 6.58. The van der Waals surface area contributed by atoms with Crippen LogP contribution < -0.4 is 5.32 Å². The second kappa shape index (κ2) is 7.67. The summed E-state index contributed by atoms with van der Waals surface area (Å²) in [7, 11) is 0. The first-order valence-electron chi connectivity index (χ1n) is 8.09. The van der Waals surface area contributed by atoms with Gasteiger partial charge in [-0.15, -0.1) is 0 Å². The molecule has 126 valence electrons. The third-order valence-electron chi connectivity index (χ3n) is 4.04. The van der Waals surface area contributed by atoms with E-state index in [-0.39, 0.29) is 0 Å². The van der Waals surface area contributed by atoms with E-state index in [1.807, 2.05) is 12.3 Å². The van der Waals surface area contributed by atoms with E-state index in [9.17, 15) is 5.11 Å². The lowest BCUT2D eigenvalue weighted by Gasteiger charge is -2.32. The molecule has 3 rings (SSSR count). The molecule has 2 atom stereocenters. The molecule has 0 amide bonds. The lowest BCUT2D eigenvalue weighted by molar-refractivity contribution is 0.126. The molecule has 1 saturated heterocycles. The summed E-state index contributed by atoms with van der Waals surface area (Å²) in [5, 5.41) is 21.6. The summed E-state index contributed by atoms with van der Waals surface area (Å²) in [6.45, 7) is 5.57. The van der Waals surface area contributed by atoms with E-state index in [1.54, 1.807) is 17.8 Å². The minimum atomic E-state index is -0.440. The molecule has 0 bridgehead atoms. The molecule has 3 heterocycles. The van der Waals surface area contributed by atoms with Crippen molar-refractivity contribution in [3.05, 3.63) is 30.2 Å². The predicted octanol–water partition coefficient (Wildman–Crippen LogP) is 0.190. The molecule has 0 spiro atoms. The number of nitrogens with zero attached hydrogens (tertiary/aromatic N) is 5. The third kappa shape index (κ3) is 4.85. The van der Waals surface area contributed by atoms with Gasteiger partial charge < -0.3 is 14.9 Å². The summed E-state index contributed by atoms with van der Waals surface area (Å²) < 4.78 is 6.77. The highest BCUT2D eigenvalue weighted by molar-refractivity contribution is 4.87. The first kappa shape index (κ1) is 16.1. The van der Waals surface area contributed by atoms with Crippen LogP contribution in [0.5, 0.6) is 0 Å². The number of aliphatic hydroxyl groups is 1. The molecule has 0 aliphatic carbocycles. The summed E-state index contributed by atoms with van der Waals surface area (Å²) in [6, 6.07) is 2.24. The lowest BCUT2D eigenvalue weighted by atomic mass is 10.1. The van der Waals surface area contributed by atoms with Gasteiger partial charge in [0.1, 0.15) is 0 Å². The van der Waals surface area contributed by atoms with Crippen molar-refractivity contribution in [1.82, 2.24) is 30.1 Å². The fourth-order valence-electron chi connectivity index (χ4n) is 2.96. The lowest BCUT2D eigenvalue weighted by Crippen LogP contribution is -2.47. The number of aliphatic hydroxyl groups excluding tert-OH is 1. The Balaban J connectivity index is 1.41. The average molecular weight is 320 g/mol. The molecule has 0 aromatic carbocycles. The smallest absolute Gasteiger partial charge is 0.223 e. The number of hydrogen-bond donors (Lipinski definition) is 2. The van der Waals surface area contributed by atoms with Gasteiger partial charge in [0.05, 0.1) is 19.2 Å². The van der Waals surface area contributed by atoms with Crippen LogP contribution >= 0.6 is 0 Å². The van der Waals surface area contributed by atoms with Gasteiger partial charge >= 0.3 is 0 Å². The van der Waals surface area contributed by atoms with Gasteiger partial charge in [-0.25, -0.2) is 0 Å². The minimum absolute atomic E-state index is 0.379. The molecule has 2 N–H and O–H groups in total. The summed E-state index contributed by atoms with van der Waals surface area (Å²) in [6.07, 6.45) is 5.39. The Morgan fingerprint density at radius 3 is 3.17 bits per heavy atom. The molecule has 0 radical (unpaired) electrons. The summed E-state index contributed by atoms with van der Waals surface area (Å²) in [5.41, 5.74) is 0. The van der Waals surface area contributed by atoms with E-state index >= 15 is 0 Å². The van der Waals surface area contributed by atoms with Crippen molar-refractivity contribution in [3.8, 4) is 0 Å². The largest absolute Gasteiger partial charge is 0.390 e. The van der Waals surface area contributed by atoms with Crippen molar-refractivity contribution in [2.75, 3.05) is 19.6 Å². The Morgan fingerprint density at radius 2 is 2.43 bits per heavy atom. The Bertz CT molecular complexity index is 585. The topological polar surface area (TPSA) is 92.2 Å². The number of likely N-dealkylation sites (tertiary alicyclic amines) is 1. The van der Waals surface area contributed by atoms with E-state index in [0.29, 0.717) is 31.6 Å².